The molecule has 2 nitrogen and oxygen atoms in total. The Morgan fingerprint density at radius 1 is 0.850 bits per heavy atom. The monoisotopic (exact) mass is 262 g/mol. The van der Waals surface area contributed by atoms with Crippen LogP contribution in [0.3, 0.4) is 0 Å². The van der Waals surface area contributed by atoms with Crippen LogP contribution in [-0.4, -0.2) is 4.98 Å². The highest BCUT2D eigenvalue weighted by molar-refractivity contribution is 5.88. The Morgan fingerprint density at radius 3 is 2.30 bits per heavy atom. The maximum Gasteiger partial charge on any atom is 0.131 e. The lowest BCUT2D eigenvalue weighted by molar-refractivity contribution is 1.31. The van der Waals surface area contributed by atoms with Crippen LogP contribution in [0.2, 0.25) is 0 Å². The van der Waals surface area contributed by atoms with Crippen LogP contribution < -0.4 is 5.32 Å². The number of hydrogen-bond acceptors (Lipinski definition) is 2. The first kappa shape index (κ1) is 12.7. The average Bonchev–Trinajstić information content (AvgIpc) is 2.38. The number of anilines is 2. The summed E-state index contributed by atoms with van der Waals surface area (Å²) in [5.74, 6) is 0.895. The molecule has 2 aromatic carbocycles. The Hall–Kier alpha value is -2.35. The van der Waals surface area contributed by atoms with Gasteiger partial charge in [0.1, 0.15) is 5.82 Å². The Labute approximate surface area is 119 Å². The molecule has 0 amide bonds. The zero-order valence-corrected chi connectivity index (χ0v) is 12.1. The summed E-state index contributed by atoms with van der Waals surface area (Å²) in [6.07, 6.45) is 0. The maximum absolute atomic E-state index is 4.74. The molecule has 1 heterocycles. The summed E-state index contributed by atoms with van der Waals surface area (Å²) in [6, 6.07) is 16.6. The fourth-order valence-electron chi connectivity index (χ4n) is 2.72. The van der Waals surface area contributed by atoms with Crippen molar-refractivity contribution in [1.29, 1.82) is 0 Å². The van der Waals surface area contributed by atoms with Crippen LogP contribution in [0.5, 0.6) is 0 Å². The molecule has 0 bridgehead atoms. The number of aryl methyl sites for hydroxylation is 3. The maximum atomic E-state index is 4.74. The molecule has 0 unspecified atom stereocenters. The first-order valence-electron chi connectivity index (χ1n) is 6.84. The summed E-state index contributed by atoms with van der Waals surface area (Å²) < 4.78 is 0. The van der Waals surface area contributed by atoms with E-state index in [2.05, 4.69) is 44.3 Å². The predicted octanol–water partition coefficient (Wildman–Crippen LogP) is 4.90. The van der Waals surface area contributed by atoms with E-state index in [-0.39, 0.29) is 0 Å². The standard InChI is InChI=1S/C18H18N2/c1-12-9-13(2)18-14(3)11-17(20-16(18)10-12)19-15-7-5-4-6-8-15/h4-11H,1-3H3,(H,19,20). The SMILES string of the molecule is Cc1cc(C)c2c(C)cc(Nc3ccccc3)nc2c1. The molecule has 3 rings (SSSR count). The van der Waals surface area contributed by atoms with Gasteiger partial charge in [-0.05, 0) is 61.7 Å². The minimum absolute atomic E-state index is 0.895. The summed E-state index contributed by atoms with van der Waals surface area (Å²) in [6.45, 7) is 6.40. The third-order valence-electron chi connectivity index (χ3n) is 3.49. The largest absolute Gasteiger partial charge is 0.340 e. The van der Waals surface area contributed by atoms with Crippen molar-refractivity contribution in [3.8, 4) is 0 Å². The number of hydrogen-bond donors (Lipinski definition) is 1. The first-order valence-corrected chi connectivity index (χ1v) is 6.84. The van der Waals surface area contributed by atoms with Gasteiger partial charge in [0.2, 0.25) is 0 Å². The van der Waals surface area contributed by atoms with E-state index in [0.29, 0.717) is 0 Å². The molecule has 0 radical (unpaired) electrons. The van der Waals surface area contributed by atoms with E-state index in [1.165, 1.54) is 22.1 Å². The van der Waals surface area contributed by atoms with Gasteiger partial charge in [0, 0.05) is 11.1 Å². The van der Waals surface area contributed by atoms with Gasteiger partial charge in [-0.15, -0.1) is 0 Å². The van der Waals surface area contributed by atoms with Crippen molar-refractivity contribution in [3.05, 3.63) is 65.2 Å². The normalized spacial score (nSPS) is 10.8. The number of aromatic nitrogens is 1. The van der Waals surface area contributed by atoms with E-state index in [4.69, 9.17) is 4.98 Å². The van der Waals surface area contributed by atoms with Crippen molar-refractivity contribution in [1.82, 2.24) is 4.98 Å². The molecule has 1 N–H and O–H groups in total. The lowest BCUT2D eigenvalue weighted by Gasteiger charge is -2.11. The second-order valence-corrected chi connectivity index (χ2v) is 5.29. The van der Waals surface area contributed by atoms with Gasteiger partial charge < -0.3 is 5.32 Å². The summed E-state index contributed by atoms with van der Waals surface area (Å²) in [4.78, 5) is 4.74. The van der Waals surface area contributed by atoms with E-state index in [9.17, 15) is 0 Å². The molecule has 100 valence electrons. The average molecular weight is 262 g/mol. The lowest BCUT2D eigenvalue weighted by Crippen LogP contribution is -1.96. The van der Waals surface area contributed by atoms with E-state index < -0.39 is 0 Å². The number of nitrogens with one attached hydrogen (secondary N) is 1. The van der Waals surface area contributed by atoms with Crippen LogP contribution in [0.1, 0.15) is 16.7 Å². The molecule has 0 saturated carbocycles. The van der Waals surface area contributed by atoms with E-state index in [0.717, 1.165) is 17.0 Å². The summed E-state index contributed by atoms with van der Waals surface area (Å²) >= 11 is 0. The molecule has 0 aliphatic carbocycles. The van der Waals surface area contributed by atoms with E-state index in [1.807, 2.05) is 30.3 Å². The predicted molar refractivity (Wildman–Crippen MR) is 85.7 cm³/mol. The smallest absolute Gasteiger partial charge is 0.131 e. The molecule has 0 aliphatic heterocycles. The first-order chi connectivity index (χ1) is 9.63. The molecular weight excluding hydrogens is 244 g/mol. The van der Waals surface area contributed by atoms with Crippen LogP contribution >= 0.6 is 0 Å². The van der Waals surface area contributed by atoms with Gasteiger partial charge in [0.25, 0.3) is 0 Å². The molecule has 0 fully saturated rings. The topological polar surface area (TPSA) is 24.9 Å². The number of fused-ring (bicyclic) bond motifs is 1. The number of rotatable bonds is 2. The summed E-state index contributed by atoms with van der Waals surface area (Å²) in [5, 5.41) is 4.62. The minimum atomic E-state index is 0.895. The van der Waals surface area contributed by atoms with E-state index >= 15 is 0 Å². The van der Waals surface area contributed by atoms with Crippen LogP contribution in [0.25, 0.3) is 10.9 Å². The minimum Gasteiger partial charge on any atom is -0.340 e. The van der Waals surface area contributed by atoms with Crippen LogP contribution in [0.4, 0.5) is 11.5 Å². The van der Waals surface area contributed by atoms with Crippen molar-refractivity contribution in [2.45, 2.75) is 20.8 Å². The van der Waals surface area contributed by atoms with Crippen LogP contribution in [-0.2, 0) is 0 Å². The molecule has 1 aromatic heterocycles. The summed E-state index contributed by atoms with van der Waals surface area (Å²) in [5.41, 5.74) is 5.91. The number of benzene rings is 2. The van der Waals surface area contributed by atoms with Gasteiger partial charge in [-0.25, -0.2) is 4.98 Å². The third-order valence-corrected chi connectivity index (χ3v) is 3.49. The molecule has 2 heteroatoms. The molecule has 0 atom stereocenters. The fourth-order valence-corrected chi connectivity index (χ4v) is 2.72. The van der Waals surface area contributed by atoms with Crippen molar-refractivity contribution in [3.63, 3.8) is 0 Å². The Bertz CT molecular complexity index is 761. The van der Waals surface area contributed by atoms with Crippen molar-refractivity contribution >= 4 is 22.4 Å². The molecule has 0 aliphatic rings. The molecule has 0 spiro atoms. The van der Waals surface area contributed by atoms with Crippen LogP contribution in [0.15, 0.2) is 48.5 Å². The quantitative estimate of drug-likeness (QED) is 0.710. The number of nitrogens with zero attached hydrogens (tertiary/aromatic N) is 1. The molecule has 3 aromatic rings. The molecule has 20 heavy (non-hydrogen) atoms. The number of pyridine rings is 1. The molecular formula is C18H18N2. The zero-order chi connectivity index (χ0) is 14.1. The highest BCUT2D eigenvalue weighted by atomic mass is 15.0. The highest BCUT2D eigenvalue weighted by Crippen LogP contribution is 2.26. The Kier molecular flexibility index (Phi) is 3.15. The Balaban J connectivity index is 2.10. The second kappa shape index (κ2) is 4.97. The van der Waals surface area contributed by atoms with Gasteiger partial charge in [-0.1, -0.05) is 24.3 Å². The van der Waals surface area contributed by atoms with Gasteiger partial charge in [-0.3, -0.25) is 0 Å². The third kappa shape index (κ3) is 2.37. The van der Waals surface area contributed by atoms with Crippen molar-refractivity contribution < 1.29 is 0 Å². The van der Waals surface area contributed by atoms with Gasteiger partial charge in [-0.2, -0.15) is 0 Å². The summed E-state index contributed by atoms with van der Waals surface area (Å²) in [7, 11) is 0. The van der Waals surface area contributed by atoms with Gasteiger partial charge in [0.05, 0.1) is 5.52 Å². The lowest BCUT2D eigenvalue weighted by atomic mass is 10.0. The van der Waals surface area contributed by atoms with E-state index in [1.54, 1.807) is 0 Å². The highest BCUT2D eigenvalue weighted by Gasteiger charge is 2.06. The second-order valence-electron chi connectivity index (χ2n) is 5.29. The molecule has 0 saturated heterocycles. The van der Waals surface area contributed by atoms with Gasteiger partial charge in [0.15, 0.2) is 0 Å². The van der Waals surface area contributed by atoms with Crippen molar-refractivity contribution in [2.24, 2.45) is 0 Å². The fraction of sp³-hybridized carbons (Fsp3) is 0.167. The van der Waals surface area contributed by atoms with Gasteiger partial charge >= 0.3 is 0 Å². The zero-order valence-electron chi connectivity index (χ0n) is 12.1. The van der Waals surface area contributed by atoms with Crippen LogP contribution in [0, 0.1) is 20.8 Å². The van der Waals surface area contributed by atoms with Crippen molar-refractivity contribution in [2.75, 3.05) is 5.32 Å². The Morgan fingerprint density at radius 2 is 1.55 bits per heavy atom. The number of para-hydroxylation sites is 1.